The quantitative estimate of drug-likeness (QED) is 0.185. The predicted octanol–water partition coefficient (Wildman–Crippen LogP) is 7.28. The van der Waals surface area contributed by atoms with Gasteiger partial charge < -0.3 is 4.57 Å². The van der Waals surface area contributed by atoms with E-state index in [2.05, 4.69) is 46.7 Å². The summed E-state index contributed by atoms with van der Waals surface area (Å²) in [6.07, 6.45) is 5.62. The van der Waals surface area contributed by atoms with Crippen LogP contribution in [0, 0.1) is 6.92 Å². The Hall–Kier alpha value is -3.35. The fraction of sp³-hybridized carbons (Fsp3) is 0.333. The van der Waals surface area contributed by atoms with Gasteiger partial charge in [0.25, 0.3) is 10.0 Å². The lowest BCUT2D eigenvalue weighted by Crippen LogP contribution is -2.31. The van der Waals surface area contributed by atoms with E-state index in [1.165, 1.54) is 30.5 Å². The van der Waals surface area contributed by atoms with Gasteiger partial charge in [-0.25, -0.2) is 12.4 Å². The number of unbranched alkanes of at least 4 members (excludes halogenated alkanes) is 3. The van der Waals surface area contributed by atoms with Crippen LogP contribution in [0.25, 0.3) is 21.9 Å². The number of nitrogens with zero attached hydrogens (tertiary/aromatic N) is 3. The summed E-state index contributed by atoms with van der Waals surface area (Å²) in [6, 6.07) is 25.8. The van der Waals surface area contributed by atoms with Gasteiger partial charge >= 0.3 is 0 Å². The fourth-order valence-corrected chi connectivity index (χ4v) is 7.72. The Kier molecular flexibility index (Phi) is 7.08. The summed E-state index contributed by atoms with van der Waals surface area (Å²) in [5, 5.41) is 1.02. The molecule has 2 aromatic heterocycles. The van der Waals surface area contributed by atoms with Crippen LogP contribution in [0.5, 0.6) is 0 Å². The minimum atomic E-state index is -3.81. The van der Waals surface area contributed by atoms with Crippen LogP contribution in [-0.2, 0) is 36.1 Å². The molecule has 0 aliphatic carbocycles. The first-order valence-corrected chi connectivity index (χ1v) is 15.6. The van der Waals surface area contributed by atoms with Crippen LogP contribution in [0.15, 0.2) is 83.8 Å². The van der Waals surface area contributed by atoms with Crippen molar-refractivity contribution in [3.05, 3.63) is 101 Å². The van der Waals surface area contributed by atoms with Gasteiger partial charge in [0, 0.05) is 49.2 Å². The standard InChI is InChI=1S/C33H37N3O2S/c1-3-4-5-11-21-35-30-20-22-34(23-26-12-7-6-8-13-26)24-29(30)33-32(35)28-14-9-10-15-31(28)36(33)39(37,38)27-18-16-25(2)17-19-27/h6-10,12-19H,3-5,11,20-24H2,1-2H3. The number of fused-ring (bicyclic) bond motifs is 5. The van der Waals surface area contributed by atoms with Gasteiger partial charge in [0.1, 0.15) is 0 Å². The largest absolute Gasteiger partial charge is 0.342 e. The summed E-state index contributed by atoms with van der Waals surface area (Å²) in [6.45, 7) is 7.70. The van der Waals surface area contributed by atoms with Gasteiger partial charge in [0.15, 0.2) is 0 Å². The topological polar surface area (TPSA) is 47.2 Å². The van der Waals surface area contributed by atoms with E-state index in [1.54, 1.807) is 16.1 Å². The first-order chi connectivity index (χ1) is 19.0. The van der Waals surface area contributed by atoms with Crippen molar-refractivity contribution in [2.45, 2.75) is 70.5 Å². The maximum Gasteiger partial charge on any atom is 0.268 e. The monoisotopic (exact) mass is 539 g/mol. The van der Waals surface area contributed by atoms with E-state index < -0.39 is 10.0 Å². The van der Waals surface area contributed by atoms with Crippen molar-refractivity contribution in [2.24, 2.45) is 0 Å². The molecule has 202 valence electrons. The fourth-order valence-electron chi connectivity index (χ4n) is 6.17. The minimum absolute atomic E-state index is 0.331. The van der Waals surface area contributed by atoms with Gasteiger partial charge in [-0.15, -0.1) is 0 Å². The van der Waals surface area contributed by atoms with E-state index in [1.807, 2.05) is 43.3 Å². The number of hydrogen-bond acceptors (Lipinski definition) is 3. The maximum absolute atomic E-state index is 14.3. The van der Waals surface area contributed by atoms with Crippen molar-refractivity contribution < 1.29 is 8.42 Å². The van der Waals surface area contributed by atoms with Crippen molar-refractivity contribution in [3.8, 4) is 0 Å². The molecule has 0 spiro atoms. The van der Waals surface area contributed by atoms with Crippen molar-refractivity contribution in [2.75, 3.05) is 6.54 Å². The molecule has 3 heterocycles. The zero-order valence-electron chi connectivity index (χ0n) is 22.9. The van der Waals surface area contributed by atoms with Crippen LogP contribution in [0.1, 0.15) is 55.0 Å². The Labute approximate surface area is 231 Å². The smallest absolute Gasteiger partial charge is 0.268 e. The normalized spacial score (nSPS) is 14.3. The van der Waals surface area contributed by atoms with Gasteiger partial charge in [-0.05, 0) is 37.1 Å². The summed E-state index contributed by atoms with van der Waals surface area (Å²) in [5.41, 5.74) is 7.49. The molecule has 0 atom stereocenters. The highest BCUT2D eigenvalue weighted by Gasteiger charge is 2.32. The number of benzene rings is 3. The average Bonchev–Trinajstić information content (AvgIpc) is 3.45. The highest BCUT2D eigenvalue weighted by atomic mass is 32.2. The van der Waals surface area contributed by atoms with Crippen molar-refractivity contribution in [1.82, 2.24) is 13.4 Å². The number of para-hydroxylation sites is 1. The Morgan fingerprint density at radius 2 is 1.56 bits per heavy atom. The Morgan fingerprint density at radius 1 is 0.821 bits per heavy atom. The molecular weight excluding hydrogens is 502 g/mol. The van der Waals surface area contributed by atoms with E-state index in [-0.39, 0.29) is 0 Å². The second kappa shape index (κ2) is 10.7. The van der Waals surface area contributed by atoms with Crippen LogP contribution in [-0.4, -0.2) is 28.4 Å². The lowest BCUT2D eigenvalue weighted by molar-refractivity contribution is 0.243. The second-order valence-corrected chi connectivity index (χ2v) is 12.7. The molecule has 6 rings (SSSR count). The minimum Gasteiger partial charge on any atom is -0.342 e. The molecule has 0 unspecified atom stereocenters. The molecule has 0 saturated heterocycles. The van der Waals surface area contributed by atoms with Gasteiger partial charge in [0.05, 0.1) is 21.4 Å². The zero-order chi connectivity index (χ0) is 27.0. The van der Waals surface area contributed by atoms with Crippen molar-refractivity contribution in [3.63, 3.8) is 0 Å². The summed E-state index contributed by atoms with van der Waals surface area (Å²) >= 11 is 0. The van der Waals surface area contributed by atoms with Gasteiger partial charge in [-0.1, -0.05) is 92.4 Å². The summed E-state index contributed by atoms with van der Waals surface area (Å²) in [4.78, 5) is 2.79. The number of rotatable bonds is 9. The molecule has 39 heavy (non-hydrogen) atoms. The molecule has 0 N–H and O–H groups in total. The molecule has 0 amide bonds. The first kappa shape index (κ1) is 25.9. The Balaban J connectivity index is 1.56. The third kappa shape index (κ3) is 4.70. The molecule has 3 aromatic carbocycles. The van der Waals surface area contributed by atoms with Crippen LogP contribution < -0.4 is 0 Å². The van der Waals surface area contributed by atoms with Crippen LogP contribution in [0.3, 0.4) is 0 Å². The number of hydrogen-bond donors (Lipinski definition) is 0. The van der Waals surface area contributed by atoms with Gasteiger partial charge in [0.2, 0.25) is 0 Å². The molecule has 1 aliphatic heterocycles. The third-order valence-corrected chi connectivity index (χ3v) is 9.85. The summed E-state index contributed by atoms with van der Waals surface area (Å²) in [7, 11) is -3.81. The van der Waals surface area contributed by atoms with E-state index in [0.29, 0.717) is 4.90 Å². The third-order valence-electron chi connectivity index (χ3n) is 8.13. The molecule has 0 fully saturated rings. The highest BCUT2D eigenvalue weighted by molar-refractivity contribution is 7.90. The molecule has 1 aliphatic rings. The van der Waals surface area contributed by atoms with Crippen LogP contribution >= 0.6 is 0 Å². The van der Waals surface area contributed by atoms with Gasteiger partial charge in [-0.3, -0.25) is 4.90 Å². The highest BCUT2D eigenvalue weighted by Crippen LogP contribution is 2.40. The van der Waals surface area contributed by atoms with E-state index >= 15 is 0 Å². The predicted molar refractivity (Wildman–Crippen MR) is 160 cm³/mol. The molecule has 0 radical (unpaired) electrons. The number of aromatic nitrogens is 2. The Morgan fingerprint density at radius 3 is 2.33 bits per heavy atom. The van der Waals surface area contributed by atoms with Crippen molar-refractivity contribution >= 4 is 32.0 Å². The molecular formula is C33H37N3O2S. The van der Waals surface area contributed by atoms with Gasteiger partial charge in [-0.2, -0.15) is 0 Å². The second-order valence-electron chi connectivity index (χ2n) is 10.9. The van der Waals surface area contributed by atoms with Crippen molar-refractivity contribution in [1.29, 1.82) is 0 Å². The number of aryl methyl sites for hydroxylation is 2. The zero-order valence-corrected chi connectivity index (χ0v) is 23.8. The first-order valence-electron chi connectivity index (χ1n) is 14.2. The molecule has 6 heteroatoms. The SMILES string of the molecule is CCCCCCn1c2c(c3c1c1ccccc1n3S(=O)(=O)c1ccc(C)cc1)CN(Cc1ccccc1)CC2. The molecule has 5 nitrogen and oxygen atoms in total. The summed E-state index contributed by atoms with van der Waals surface area (Å²) < 4.78 is 32.8. The summed E-state index contributed by atoms with van der Waals surface area (Å²) in [5.74, 6) is 0. The molecule has 0 saturated carbocycles. The Bertz CT molecular complexity index is 1710. The lowest BCUT2D eigenvalue weighted by Gasteiger charge is -2.28. The van der Waals surface area contributed by atoms with E-state index in [4.69, 9.17) is 0 Å². The molecule has 0 bridgehead atoms. The average molecular weight is 540 g/mol. The van der Waals surface area contributed by atoms with Crippen LogP contribution in [0.4, 0.5) is 0 Å². The van der Waals surface area contributed by atoms with Crippen LogP contribution in [0.2, 0.25) is 0 Å². The molecule has 5 aromatic rings. The van der Waals surface area contributed by atoms with E-state index in [9.17, 15) is 8.42 Å². The lowest BCUT2D eigenvalue weighted by atomic mass is 10.1. The maximum atomic E-state index is 14.3. The van der Waals surface area contributed by atoms with E-state index in [0.717, 1.165) is 72.1 Å².